The lowest BCUT2D eigenvalue weighted by atomic mass is 9.92. The molecule has 0 amide bonds. The second kappa shape index (κ2) is 3.88. The number of anilines is 1. The average molecular weight is 247 g/mol. The van der Waals surface area contributed by atoms with Gasteiger partial charge in [0.05, 0.1) is 5.69 Å². The lowest BCUT2D eigenvalue weighted by Gasteiger charge is -2.30. The van der Waals surface area contributed by atoms with E-state index in [0.717, 1.165) is 5.69 Å². The Hall–Kier alpha value is -1.29. The molecule has 3 nitrogen and oxygen atoms in total. The fourth-order valence-electron chi connectivity index (χ4n) is 2.65. The van der Waals surface area contributed by atoms with Gasteiger partial charge in [-0.15, -0.1) is 11.3 Å². The number of rotatable bonds is 2. The van der Waals surface area contributed by atoms with Crippen LogP contribution >= 0.6 is 11.3 Å². The monoisotopic (exact) mass is 247 g/mol. The molecule has 2 heterocycles. The molecule has 3 rings (SSSR count). The average Bonchev–Trinajstić information content (AvgIpc) is 2.74. The summed E-state index contributed by atoms with van der Waals surface area (Å²) in [4.78, 5) is 4.38. The minimum Gasteiger partial charge on any atom is -0.375 e. The second-order valence-corrected chi connectivity index (χ2v) is 5.70. The smallest absolute Gasteiger partial charge is 0.180 e. The zero-order valence-electron chi connectivity index (χ0n) is 10.2. The topological polar surface area (TPSA) is 43.8 Å². The van der Waals surface area contributed by atoms with Gasteiger partial charge in [-0.25, -0.2) is 4.98 Å². The third-order valence-corrected chi connectivity index (χ3v) is 4.40. The quantitative estimate of drug-likeness (QED) is 0.882. The molecule has 17 heavy (non-hydrogen) atoms. The van der Waals surface area contributed by atoms with E-state index in [1.54, 1.807) is 0 Å². The van der Waals surface area contributed by atoms with Crippen molar-refractivity contribution < 1.29 is 0 Å². The summed E-state index contributed by atoms with van der Waals surface area (Å²) in [6.07, 6.45) is 3.99. The molecule has 0 unspecified atom stereocenters. The van der Waals surface area contributed by atoms with Crippen LogP contribution in [0.25, 0.3) is 11.3 Å². The van der Waals surface area contributed by atoms with Gasteiger partial charge in [0.1, 0.15) is 0 Å². The number of aryl methyl sites for hydroxylation is 1. The fourth-order valence-corrected chi connectivity index (χ4v) is 3.22. The molecule has 1 aliphatic carbocycles. The van der Waals surface area contributed by atoms with Gasteiger partial charge in [0.25, 0.3) is 0 Å². The van der Waals surface area contributed by atoms with Gasteiger partial charge in [-0.3, -0.25) is 0 Å². The summed E-state index contributed by atoms with van der Waals surface area (Å²) < 4.78 is 2.47. The zero-order valence-corrected chi connectivity index (χ0v) is 11.0. The highest BCUT2D eigenvalue weighted by Crippen LogP contribution is 2.38. The van der Waals surface area contributed by atoms with Crippen molar-refractivity contribution in [2.45, 2.75) is 39.2 Å². The van der Waals surface area contributed by atoms with E-state index in [2.05, 4.69) is 29.5 Å². The molecule has 1 fully saturated rings. The summed E-state index contributed by atoms with van der Waals surface area (Å²) in [6.45, 7) is 4.38. The Kier molecular flexibility index (Phi) is 2.47. The molecule has 1 saturated carbocycles. The van der Waals surface area contributed by atoms with Gasteiger partial charge >= 0.3 is 0 Å². The number of hydrogen-bond acceptors (Lipinski definition) is 3. The van der Waals surface area contributed by atoms with Crippen LogP contribution in [0.2, 0.25) is 0 Å². The Labute approximate surface area is 105 Å². The van der Waals surface area contributed by atoms with Crippen molar-refractivity contribution in [2.24, 2.45) is 0 Å². The van der Waals surface area contributed by atoms with Crippen molar-refractivity contribution in [3.63, 3.8) is 0 Å². The highest BCUT2D eigenvalue weighted by Gasteiger charge is 2.24. The van der Waals surface area contributed by atoms with Gasteiger partial charge in [0.2, 0.25) is 0 Å². The van der Waals surface area contributed by atoms with Crippen molar-refractivity contribution in [1.82, 2.24) is 9.55 Å². The molecule has 0 aliphatic heterocycles. The molecule has 90 valence electrons. The number of nitrogens with zero attached hydrogens (tertiary/aromatic N) is 2. The minimum atomic E-state index is 0.647. The van der Waals surface area contributed by atoms with Crippen LogP contribution < -0.4 is 5.73 Å². The lowest BCUT2D eigenvalue weighted by Crippen LogP contribution is -2.19. The lowest BCUT2D eigenvalue weighted by molar-refractivity contribution is 0.306. The maximum absolute atomic E-state index is 5.71. The number of hydrogen-bond donors (Lipinski definition) is 1. The van der Waals surface area contributed by atoms with Crippen molar-refractivity contribution in [2.75, 3.05) is 5.73 Å². The van der Waals surface area contributed by atoms with E-state index >= 15 is 0 Å². The van der Waals surface area contributed by atoms with Crippen molar-refractivity contribution in [1.29, 1.82) is 0 Å². The Bertz CT molecular complexity index is 549. The standard InChI is InChI=1S/C13H17N3S/c1-8-6-11(12-7-17-13(14)15-12)9(2)16(8)10-4-3-5-10/h6-7,10H,3-5H2,1-2H3,(H2,14,15). The Morgan fingerprint density at radius 2 is 2.18 bits per heavy atom. The Morgan fingerprint density at radius 3 is 2.71 bits per heavy atom. The maximum atomic E-state index is 5.71. The van der Waals surface area contributed by atoms with Crippen LogP contribution in [0.5, 0.6) is 0 Å². The van der Waals surface area contributed by atoms with Crippen LogP contribution in [0.4, 0.5) is 5.13 Å². The summed E-state index contributed by atoms with van der Waals surface area (Å²) >= 11 is 1.51. The number of aromatic nitrogens is 2. The molecule has 0 bridgehead atoms. The van der Waals surface area contributed by atoms with Crippen molar-refractivity contribution in [3.05, 3.63) is 22.8 Å². The SMILES string of the molecule is Cc1cc(-c2csc(N)n2)c(C)n1C1CCC1. The number of nitrogens with two attached hydrogens (primary N) is 1. The number of nitrogen functional groups attached to an aromatic ring is 1. The molecule has 0 spiro atoms. The molecule has 0 radical (unpaired) electrons. The van der Waals surface area contributed by atoms with Crippen LogP contribution in [0.15, 0.2) is 11.4 Å². The van der Waals surface area contributed by atoms with E-state index in [1.165, 1.54) is 47.6 Å². The van der Waals surface area contributed by atoms with E-state index in [9.17, 15) is 0 Å². The van der Waals surface area contributed by atoms with Gasteiger partial charge in [-0.1, -0.05) is 0 Å². The molecule has 0 aromatic carbocycles. The molecule has 2 aromatic rings. The summed E-state index contributed by atoms with van der Waals surface area (Å²) in [5.74, 6) is 0. The van der Waals surface area contributed by atoms with Gasteiger partial charge in [0.15, 0.2) is 5.13 Å². The first-order valence-electron chi connectivity index (χ1n) is 6.06. The van der Waals surface area contributed by atoms with E-state index in [1.807, 2.05) is 5.38 Å². The van der Waals surface area contributed by atoms with Gasteiger partial charge in [-0.05, 0) is 39.2 Å². The number of thiazole rings is 1. The highest BCUT2D eigenvalue weighted by molar-refractivity contribution is 7.13. The molecule has 1 aliphatic rings. The first-order valence-corrected chi connectivity index (χ1v) is 6.94. The van der Waals surface area contributed by atoms with E-state index < -0.39 is 0 Å². The minimum absolute atomic E-state index is 0.647. The van der Waals surface area contributed by atoms with Gasteiger partial charge in [0, 0.05) is 28.4 Å². The van der Waals surface area contributed by atoms with Crippen LogP contribution in [0.1, 0.15) is 36.7 Å². The van der Waals surface area contributed by atoms with Crippen LogP contribution in [-0.2, 0) is 0 Å². The maximum Gasteiger partial charge on any atom is 0.180 e. The van der Waals surface area contributed by atoms with Crippen LogP contribution in [-0.4, -0.2) is 9.55 Å². The molecule has 4 heteroatoms. The largest absolute Gasteiger partial charge is 0.375 e. The normalized spacial score (nSPS) is 16.1. The molecular formula is C13H17N3S. The van der Waals surface area contributed by atoms with Crippen molar-refractivity contribution in [3.8, 4) is 11.3 Å². The summed E-state index contributed by atoms with van der Waals surface area (Å²) in [6, 6.07) is 2.95. The van der Waals surface area contributed by atoms with E-state index in [4.69, 9.17) is 5.73 Å². The second-order valence-electron chi connectivity index (χ2n) is 4.81. The fraction of sp³-hybridized carbons (Fsp3) is 0.462. The van der Waals surface area contributed by atoms with E-state index in [0.29, 0.717) is 11.2 Å². The van der Waals surface area contributed by atoms with E-state index in [-0.39, 0.29) is 0 Å². The third-order valence-electron chi connectivity index (χ3n) is 3.72. The van der Waals surface area contributed by atoms with Crippen molar-refractivity contribution >= 4 is 16.5 Å². The molecular weight excluding hydrogens is 230 g/mol. The molecule has 0 saturated heterocycles. The molecule has 0 atom stereocenters. The Balaban J connectivity index is 2.06. The first-order chi connectivity index (χ1) is 8.16. The highest BCUT2D eigenvalue weighted by atomic mass is 32.1. The van der Waals surface area contributed by atoms with Gasteiger partial charge in [-0.2, -0.15) is 0 Å². The predicted octanol–water partition coefficient (Wildman–Crippen LogP) is 3.54. The molecule has 2 N–H and O–H groups in total. The summed E-state index contributed by atoms with van der Waals surface area (Å²) in [5, 5.41) is 2.69. The van der Waals surface area contributed by atoms with Crippen LogP contribution in [0.3, 0.4) is 0 Å². The van der Waals surface area contributed by atoms with Gasteiger partial charge < -0.3 is 10.3 Å². The van der Waals surface area contributed by atoms with Crippen LogP contribution in [0, 0.1) is 13.8 Å². The summed E-state index contributed by atoms with van der Waals surface area (Å²) in [5.41, 5.74) is 10.6. The Morgan fingerprint density at radius 1 is 1.41 bits per heavy atom. The predicted molar refractivity (Wildman–Crippen MR) is 72.3 cm³/mol. The summed E-state index contributed by atoms with van der Waals surface area (Å²) in [7, 11) is 0. The first kappa shape index (κ1) is 10.8. The zero-order chi connectivity index (χ0) is 12.0. The third kappa shape index (κ3) is 1.67. The molecule has 2 aromatic heterocycles.